The Morgan fingerprint density at radius 1 is 1.00 bits per heavy atom. The zero-order chi connectivity index (χ0) is 10.1. The lowest BCUT2D eigenvalue weighted by Gasteiger charge is -2.01. The molecule has 0 saturated heterocycles. The minimum Gasteiger partial charge on any atom is -0.157 e. The smallest absolute Gasteiger partial charge is 0.0223 e. The van der Waals surface area contributed by atoms with Gasteiger partial charge in [0.15, 0.2) is 0 Å². The van der Waals surface area contributed by atoms with Gasteiger partial charge in [-0.2, -0.15) is 11.8 Å². The van der Waals surface area contributed by atoms with Crippen molar-refractivity contribution in [2.45, 2.75) is 25.0 Å². The second-order valence-electron chi connectivity index (χ2n) is 3.29. The van der Waals surface area contributed by atoms with Crippen LogP contribution < -0.4 is 0 Å². The van der Waals surface area contributed by atoms with Gasteiger partial charge in [-0.05, 0) is 24.2 Å². The standard InChI is InChI=1S/C12H17ClS/c13-9-5-2-6-10-14-11-12-7-3-1-4-8-12/h1,3-4,7-8H,2,5-6,9-11H2. The van der Waals surface area contributed by atoms with Gasteiger partial charge in [-0.15, -0.1) is 11.6 Å². The molecule has 1 aromatic rings. The van der Waals surface area contributed by atoms with E-state index in [-0.39, 0.29) is 0 Å². The summed E-state index contributed by atoms with van der Waals surface area (Å²) in [7, 11) is 0. The lowest BCUT2D eigenvalue weighted by Crippen LogP contribution is -1.84. The fourth-order valence-electron chi connectivity index (χ4n) is 1.24. The first kappa shape index (κ1) is 11.9. The summed E-state index contributed by atoms with van der Waals surface area (Å²) in [6.07, 6.45) is 3.73. The highest BCUT2D eigenvalue weighted by Crippen LogP contribution is 2.13. The van der Waals surface area contributed by atoms with E-state index in [0.29, 0.717) is 0 Å². The van der Waals surface area contributed by atoms with E-state index in [1.54, 1.807) is 0 Å². The predicted octanol–water partition coefficient (Wildman–Crippen LogP) is 4.33. The third-order valence-electron chi connectivity index (χ3n) is 2.03. The maximum absolute atomic E-state index is 5.60. The molecule has 0 aromatic heterocycles. The van der Waals surface area contributed by atoms with Gasteiger partial charge in [0.2, 0.25) is 0 Å². The first-order valence-corrected chi connectivity index (χ1v) is 6.80. The average Bonchev–Trinajstić information content (AvgIpc) is 2.25. The molecule has 0 radical (unpaired) electrons. The van der Waals surface area contributed by atoms with Gasteiger partial charge < -0.3 is 0 Å². The molecule has 1 aromatic carbocycles. The molecule has 0 saturated carbocycles. The summed E-state index contributed by atoms with van der Waals surface area (Å²) in [5, 5.41) is 0. The number of hydrogen-bond acceptors (Lipinski definition) is 1. The molecule has 2 heteroatoms. The number of unbranched alkanes of at least 4 members (excludes halogenated alkanes) is 2. The molecule has 0 aliphatic heterocycles. The highest BCUT2D eigenvalue weighted by Gasteiger charge is 1.92. The average molecular weight is 229 g/mol. The molecular formula is C12H17ClS. The monoisotopic (exact) mass is 228 g/mol. The number of thioether (sulfide) groups is 1. The maximum atomic E-state index is 5.60. The van der Waals surface area contributed by atoms with Crippen LogP contribution in [0.3, 0.4) is 0 Å². The van der Waals surface area contributed by atoms with Crippen molar-refractivity contribution >= 4 is 23.4 Å². The Morgan fingerprint density at radius 3 is 2.50 bits per heavy atom. The summed E-state index contributed by atoms with van der Waals surface area (Å²) >= 11 is 7.62. The highest BCUT2D eigenvalue weighted by molar-refractivity contribution is 7.98. The van der Waals surface area contributed by atoms with E-state index in [1.807, 2.05) is 11.8 Å². The van der Waals surface area contributed by atoms with Crippen molar-refractivity contribution in [2.24, 2.45) is 0 Å². The summed E-state index contributed by atoms with van der Waals surface area (Å²) in [5.74, 6) is 3.21. The molecule has 78 valence electrons. The van der Waals surface area contributed by atoms with Gasteiger partial charge in [-0.3, -0.25) is 0 Å². The van der Waals surface area contributed by atoms with Crippen molar-refractivity contribution in [3.63, 3.8) is 0 Å². The van der Waals surface area contributed by atoms with Gasteiger partial charge in [-0.1, -0.05) is 36.8 Å². The van der Waals surface area contributed by atoms with Crippen LogP contribution in [0.2, 0.25) is 0 Å². The number of alkyl halides is 1. The topological polar surface area (TPSA) is 0 Å². The fraction of sp³-hybridized carbons (Fsp3) is 0.500. The zero-order valence-corrected chi connectivity index (χ0v) is 9.99. The first-order chi connectivity index (χ1) is 6.93. The largest absolute Gasteiger partial charge is 0.157 e. The van der Waals surface area contributed by atoms with Crippen molar-refractivity contribution in [3.8, 4) is 0 Å². The Morgan fingerprint density at radius 2 is 1.79 bits per heavy atom. The van der Waals surface area contributed by atoms with E-state index >= 15 is 0 Å². The van der Waals surface area contributed by atoms with Crippen molar-refractivity contribution in [2.75, 3.05) is 11.6 Å². The van der Waals surface area contributed by atoms with Crippen LogP contribution in [-0.2, 0) is 5.75 Å². The van der Waals surface area contributed by atoms with Gasteiger partial charge in [0, 0.05) is 11.6 Å². The molecule has 0 amide bonds. The van der Waals surface area contributed by atoms with Crippen molar-refractivity contribution < 1.29 is 0 Å². The Hall–Kier alpha value is -0.140. The molecule has 0 atom stereocenters. The number of halogens is 1. The van der Waals surface area contributed by atoms with Crippen LogP contribution in [0.5, 0.6) is 0 Å². The summed E-state index contributed by atoms with van der Waals surface area (Å²) in [6, 6.07) is 10.6. The SMILES string of the molecule is ClCCCCCSCc1ccccc1. The number of rotatable bonds is 7. The lowest BCUT2D eigenvalue weighted by molar-refractivity contribution is 0.783. The highest BCUT2D eigenvalue weighted by atomic mass is 35.5. The molecule has 0 nitrogen and oxygen atoms in total. The predicted molar refractivity (Wildman–Crippen MR) is 67.2 cm³/mol. The molecule has 0 unspecified atom stereocenters. The Kier molecular flexibility index (Phi) is 6.98. The second kappa shape index (κ2) is 8.19. The molecule has 0 heterocycles. The van der Waals surface area contributed by atoms with E-state index in [0.717, 1.165) is 18.1 Å². The summed E-state index contributed by atoms with van der Waals surface area (Å²) in [6.45, 7) is 0. The molecule has 0 fully saturated rings. The van der Waals surface area contributed by atoms with E-state index in [1.165, 1.54) is 24.2 Å². The van der Waals surface area contributed by atoms with Crippen LogP contribution in [0.1, 0.15) is 24.8 Å². The summed E-state index contributed by atoms with van der Waals surface area (Å²) in [5.41, 5.74) is 1.43. The molecule has 0 N–H and O–H groups in total. The third-order valence-corrected chi connectivity index (χ3v) is 3.42. The summed E-state index contributed by atoms with van der Waals surface area (Å²) < 4.78 is 0. The maximum Gasteiger partial charge on any atom is 0.0223 e. The van der Waals surface area contributed by atoms with Crippen molar-refractivity contribution in [1.29, 1.82) is 0 Å². The molecular weight excluding hydrogens is 212 g/mol. The molecule has 14 heavy (non-hydrogen) atoms. The van der Waals surface area contributed by atoms with E-state index in [9.17, 15) is 0 Å². The molecule has 0 spiro atoms. The van der Waals surface area contributed by atoms with Crippen LogP contribution in [-0.4, -0.2) is 11.6 Å². The summed E-state index contributed by atoms with van der Waals surface area (Å²) in [4.78, 5) is 0. The van der Waals surface area contributed by atoms with E-state index in [4.69, 9.17) is 11.6 Å². The van der Waals surface area contributed by atoms with Crippen LogP contribution in [0.15, 0.2) is 30.3 Å². The van der Waals surface area contributed by atoms with Gasteiger partial charge in [-0.25, -0.2) is 0 Å². The van der Waals surface area contributed by atoms with Crippen LogP contribution in [0.4, 0.5) is 0 Å². The van der Waals surface area contributed by atoms with Crippen molar-refractivity contribution in [3.05, 3.63) is 35.9 Å². The lowest BCUT2D eigenvalue weighted by atomic mass is 10.2. The zero-order valence-electron chi connectivity index (χ0n) is 8.42. The van der Waals surface area contributed by atoms with Gasteiger partial charge >= 0.3 is 0 Å². The first-order valence-electron chi connectivity index (χ1n) is 5.11. The minimum atomic E-state index is 0.809. The van der Waals surface area contributed by atoms with Gasteiger partial charge in [0.05, 0.1) is 0 Å². The van der Waals surface area contributed by atoms with Crippen LogP contribution in [0, 0.1) is 0 Å². The van der Waals surface area contributed by atoms with Gasteiger partial charge in [0.25, 0.3) is 0 Å². The molecule has 1 rings (SSSR count). The normalized spacial score (nSPS) is 10.4. The number of hydrogen-bond donors (Lipinski definition) is 0. The second-order valence-corrected chi connectivity index (χ2v) is 4.77. The molecule has 0 aliphatic carbocycles. The van der Waals surface area contributed by atoms with Crippen molar-refractivity contribution in [1.82, 2.24) is 0 Å². The fourth-order valence-corrected chi connectivity index (χ4v) is 2.41. The third kappa shape index (κ3) is 5.56. The van der Waals surface area contributed by atoms with Crippen LogP contribution >= 0.6 is 23.4 Å². The minimum absolute atomic E-state index is 0.809. The van der Waals surface area contributed by atoms with Gasteiger partial charge in [0.1, 0.15) is 0 Å². The Labute approximate surface area is 96.0 Å². The van der Waals surface area contributed by atoms with E-state index in [2.05, 4.69) is 30.3 Å². The molecule has 0 bridgehead atoms. The Balaban J connectivity index is 1.99. The molecule has 0 aliphatic rings. The number of benzene rings is 1. The Bertz CT molecular complexity index is 223. The van der Waals surface area contributed by atoms with Crippen LogP contribution in [0.25, 0.3) is 0 Å². The quantitative estimate of drug-likeness (QED) is 0.495. The van der Waals surface area contributed by atoms with E-state index < -0.39 is 0 Å².